The highest BCUT2D eigenvalue weighted by atomic mass is 16.5. The van der Waals surface area contributed by atoms with Crippen LogP contribution in [0.1, 0.15) is 32.6 Å². The van der Waals surface area contributed by atoms with E-state index in [1.165, 1.54) is 0 Å². The second-order valence-corrected chi connectivity index (χ2v) is 4.50. The average molecular weight is 228 g/mol. The lowest BCUT2D eigenvalue weighted by Gasteiger charge is -2.25. The van der Waals surface area contributed by atoms with Crippen molar-refractivity contribution in [2.75, 3.05) is 33.4 Å². The van der Waals surface area contributed by atoms with Gasteiger partial charge >= 0.3 is 6.03 Å². The fraction of sp³-hybridized carbons (Fsp3) is 0.917. The van der Waals surface area contributed by atoms with Crippen LogP contribution in [0.25, 0.3) is 0 Å². The molecule has 1 saturated heterocycles. The zero-order valence-corrected chi connectivity index (χ0v) is 10.5. The molecule has 94 valence electrons. The molecule has 1 fully saturated rings. The van der Waals surface area contributed by atoms with Gasteiger partial charge in [0.2, 0.25) is 0 Å². The molecule has 0 bridgehead atoms. The first-order valence-corrected chi connectivity index (χ1v) is 6.30. The minimum absolute atomic E-state index is 0.0499. The molecule has 0 aromatic rings. The Bertz CT molecular complexity index is 203. The zero-order valence-electron chi connectivity index (χ0n) is 10.5. The SMILES string of the molecule is CCCNC(=O)N(C)CCC1CCOCC1. The molecule has 4 nitrogen and oxygen atoms in total. The number of hydrogen-bond donors (Lipinski definition) is 1. The third kappa shape index (κ3) is 4.84. The quantitative estimate of drug-likeness (QED) is 0.780. The number of nitrogens with one attached hydrogen (secondary N) is 1. The van der Waals surface area contributed by atoms with Gasteiger partial charge in [0.25, 0.3) is 0 Å². The van der Waals surface area contributed by atoms with Crippen LogP contribution in [0.3, 0.4) is 0 Å². The van der Waals surface area contributed by atoms with E-state index in [1.807, 2.05) is 7.05 Å². The largest absolute Gasteiger partial charge is 0.381 e. The van der Waals surface area contributed by atoms with E-state index >= 15 is 0 Å². The Morgan fingerprint density at radius 1 is 1.44 bits per heavy atom. The van der Waals surface area contributed by atoms with Crippen LogP contribution in [0.2, 0.25) is 0 Å². The van der Waals surface area contributed by atoms with Crippen molar-refractivity contribution in [3.05, 3.63) is 0 Å². The standard InChI is InChI=1S/C12H24N2O2/c1-3-7-13-12(15)14(2)8-4-11-5-9-16-10-6-11/h11H,3-10H2,1-2H3,(H,13,15). The number of nitrogens with zero attached hydrogens (tertiary/aromatic N) is 1. The highest BCUT2D eigenvalue weighted by Crippen LogP contribution is 2.18. The summed E-state index contributed by atoms with van der Waals surface area (Å²) < 4.78 is 5.31. The molecule has 0 spiro atoms. The number of hydrogen-bond acceptors (Lipinski definition) is 2. The second kappa shape index (κ2) is 7.49. The number of urea groups is 1. The third-order valence-corrected chi connectivity index (χ3v) is 3.09. The van der Waals surface area contributed by atoms with Crippen molar-refractivity contribution in [3.63, 3.8) is 0 Å². The maximum atomic E-state index is 11.6. The maximum absolute atomic E-state index is 11.6. The first-order valence-electron chi connectivity index (χ1n) is 6.30. The highest BCUT2D eigenvalue weighted by Gasteiger charge is 2.15. The third-order valence-electron chi connectivity index (χ3n) is 3.09. The van der Waals surface area contributed by atoms with Gasteiger partial charge in [0.15, 0.2) is 0 Å². The number of ether oxygens (including phenoxy) is 1. The van der Waals surface area contributed by atoms with Crippen molar-refractivity contribution in [1.82, 2.24) is 10.2 Å². The molecule has 0 aromatic carbocycles. The van der Waals surface area contributed by atoms with Gasteiger partial charge < -0.3 is 15.0 Å². The molecule has 2 amide bonds. The van der Waals surface area contributed by atoms with Crippen LogP contribution >= 0.6 is 0 Å². The van der Waals surface area contributed by atoms with Crippen LogP contribution in [0.5, 0.6) is 0 Å². The maximum Gasteiger partial charge on any atom is 0.317 e. The fourth-order valence-electron chi connectivity index (χ4n) is 1.88. The van der Waals surface area contributed by atoms with E-state index in [9.17, 15) is 4.79 Å². The predicted octanol–water partition coefficient (Wildman–Crippen LogP) is 1.85. The summed E-state index contributed by atoms with van der Waals surface area (Å²) in [6.07, 6.45) is 4.37. The summed E-state index contributed by atoms with van der Waals surface area (Å²) in [7, 11) is 1.87. The fourth-order valence-corrected chi connectivity index (χ4v) is 1.88. The number of rotatable bonds is 5. The van der Waals surface area contributed by atoms with Crippen molar-refractivity contribution in [1.29, 1.82) is 0 Å². The summed E-state index contributed by atoms with van der Waals surface area (Å²) in [4.78, 5) is 13.3. The molecule has 1 aliphatic heterocycles. The molecule has 1 aliphatic rings. The smallest absolute Gasteiger partial charge is 0.317 e. The van der Waals surface area contributed by atoms with Gasteiger partial charge in [-0.25, -0.2) is 4.79 Å². The molecule has 1 heterocycles. The molecule has 0 radical (unpaired) electrons. The van der Waals surface area contributed by atoms with Gasteiger partial charge in [0.1, 0.15) is 0 Å². The topological polar surface area (TPSA) is 41.6 Å². The van der Waals surface area contributed by atoms with E-state index in [-0.39, 0.29) is 6.03 Å². The van der Waals surface area contributed by atoms with Crippen LogP contribution in [0.15, 0.2) is 0 Å². The summed E-state index contributed by atoms with van der Waals surface area (Å²) in [6.45, 7) is 5.44. The van der Waals surface area contributed by atoms with Gasteiger partial charge in [0, 0.05) is 33.4 Å². The van der Waals surface area contributed by atoms with E-state index in [4.69, 9.17) is 4.74 Å². The lowest BCUT2D eigenvalue weighted by Crippen LogP contribution is -2.38. The zero-order chi connectivity index (χ0) is 11.8. The van der Waals surface area contributed by atoms with Crippen molar-refractivity contribution < 1.29 is 9.53 Å². The molecule has 16 heavy (non-hydrogen) atoms. The predicted molar refractivity (Wildman–Crippen MR) is 64.5 cm³/mol. The molecule has 4 heteroatoms. The average Bonchev–Trinajstić information content (AvgIpc) is 2.34. The van der Waals surface area contributed by atoms with E-state index in [0.717, 1.165) is 57.9 Å². The van der Waals surface area contributed by atoms with Crippen LogP contribution < -0.4 is 5.32 Å². The van der Waals surface area contributed by atoms with Crippen molar-refractivity contribution >= 4 is 6.03 Å². The molecular formula is C12H24N2O2. The van der Waals surface area contributed by atoms with E-state index in [1.54, 1.807) is 4.90 Å². The summed E-state index contributed by atoms with van der Waals surface area (Å²) in [6, 6.07) is 0.0499. The normalized spacial score (nSPS) is 17.1. The molecule has 0 unspecified atom stereocenters. The summed E-state index contributed by atoms with van der Waals surface area (Å²) in [5.74, 6) is 0.732. The molecule has 1 N–H and O–H groups in total. The van der Waals surface area contributed by atoms with Crippen LogP contribution in [0, 0.1) is 5.92 Å². The van der Waals surface area contributed by atoms with Gasteiger partial charge in [-0.1, -0.05) is 6.92 Å². The van der Waals surface area contributed by atoms with Gasteiger partial charge in [-0.15, -0.1) is 0 Å². The van der Waals surface area contributed by atoms with Gasteiger partial charge in [-0.05, 0) is 31.6 Å². The van der Waals surface area contributed by atoms with E-state index < -0.39 is 0 Å². The summed E-state index contributed by atoms with van der Waals surface area (Å²) in [5, 5.41) is 2.88. The number of carbonyl (C=O) groups excluding carboxylic acids is 1. The lowest BCUT2D eigenvalue weighted by atomic mass is 9.96. The molecule has 0 aromatic heterocycles. The van der Waals surface area contributed by atoms with E-state index in [2.05, 4.69) is 12.2 Å². The van der Waals surface area contributed by atoms with Crippen LogP contribution in [0.4, 0.5) is 4.79 Å². The second-order valence-electron chi connectivity index (χ2n) is 4.50. The molecule has 1 rings (SSSR count). The minimum atomic E-state index is 0.0499. The molecular weight excluding hydrogens is 204 g/mol. The monoisotopic (exact) mass is 228 g/mol. The number of carbonyl (C=O) groups is 1. The molecule has 0 aliphatic carbocycles. The summed E-state index contributed by atoms with van der Waals surface area (Å²) >= 11 is 0. The van der Waals surface area contributed by atoms with Gasteiger partial charge in [0.05, 0.1) is 0 Å². The Labute approximate surface area is 98.3 Å². The Morgan fingerprint density at radius 2 is 2.12 bits per heavy atom. The Hall–Kier alpha value is -0.770. The Morgan fingerprint density at radius 3 is 2.75 bits per heavy atom. The van der Waals surface area contributed by atoms with Crippen molar-refractivity contribution in [2.45, 2.75) is 32.6 Å². The Balaban J connectivity index is 2.12. The first-order chi connectivity index (χ1) is 7.74. The van der Waals surface area contributed by atoms with E-state index in [0.29, 0.717) is 0 Å². The number of amides is 2. The van der Waals surface area contributed by atoms with Crippen LogP contribution in [-0.4, -0.2) is 44.3 Å². The Kier molecular flexibility index (Phi) is 6.23. The minimum Gasteiger partial charge on any atom is -0.381 e. The first kappa shape index (κ1) is 13.3. The highest BCUT2D eigenvalue weighted by molar-refractivity contribution is 5.73. The summed E-state index contributed by atoms with van der Waals surface area (Å²) in [5.41, 5.74) is 0. The van der Waals surface area contributed by atoms with Crippen molar-refractivity contribution in [2.24, 2.45) is 5.92 Å². The lowest BCUT2D eigenvalue weighted by molar-refractivity contribution is 0.0619. The molecule has 0 atom stereocenters. The molecule has 0 saturated carbocycles. The van der Waals surface area contributed by atoms with Crippen molar-refractivity contribution in [3.8, 4) is 0 Å². The van der Waals surface area contributed by atoms with Crippen LogP contribution in [-0.2, 0) is 4.74 Å². The van der Waals surface area contributed by atoms with Gasteiger partial charge in [-0.3, -0.25) is 0 Å². The van der Waals surface area contributed by atoms with Gasteiger partial charge in [-0.2, -0.15) is 0 Å².